The zero-order valence-electron chi connectivity index (χ0n) is 8.39. The fraction of sp³-hybridized carbons (Fsp3) is 0.333. The van der Waals surface area contributed by atoms with E-state index in [2.05, 4.69) is 0 Å². The van der Waals surface area contributed by atoms with Crippen LogP contribution in [-0.4, -0.2) is 17.8 Å². The van der Waals surface area contributed by atoms with Crippen molar-refractivity contribution < 1.29 is 9.84 Å². The summed E-state index contributed by atoms with van der Waals surface area (Å²) in [5.41, 5.74) is 1.12. The molecule has 0 aromatic heterocycles. The van der Waals surface area contributed by atoms with Crippen LogP contribution < -0.4 is 0 Å². The standard InChI is InChI=1S/C12H16O2/c1-2-6-12(9-13)14-10-11-7-4-3-5-8-11/h2-8,12-13H,9-10H2,1H3/b6-2+. The molecule has 2 heteroatoms. The Morgan fingerprint density at radius 2 is 2.07 bits per heavy atom. The highest BCUT2D eigenvalue weighted by atomic mass is 16.5. The quantitative estimate of drug-likeness (QED) is 0.724. The molecule has 0 aliphatic rings. The highest BCUT2D eigenvalue weighted by Crippen LogP contribution is 2.03. The molecule has 0 aliphatic heterocycles. The summed E-state index contributed by atoms with van der Waals surface area (Å²) in [7, 11) is 0. The molecule has 1 aromatic rings. The molecule has 1 unspecified atom stereocenters. The van der Waals surface area contributed by atoms with Crippen LogP contribution in [0, 0.1) is 0 Å². The smallest absolute Gasteiger partial charge is 0.0990 e. The highest BCUT2D eigenvalue weighted by molar-refractivity contribution is 5.13. The van der Waals surface area contributed by atoms with Crippen molar-refractivity contribution in [1.29, 1.82) is 0 Å². The number of benzene rings is 1. The number of hydrogen-bond acceptors (Lipinski definition) is 2. The summed E-state index contributed by atoms with van der Waals surface area (Å²) in [5, 5.41) is 8.96. The van der Waals surface area contributed by atoms with Crippen molar-refractivity contribution in [2.75, 3.05) is 6.61 Å². The molecule has 1 rings (SSSR count). The van der Waals surface area contributed by atoms with E-state index >= 15 is 0 Å². The van der Waals surface area contributed by atoms with Gasteiger partial charge in [-0.1, -0.05) is 42.5 Å². The van der Waals surface area contributed by atoms with E-state index in [-0.39, 0.29) is 12.7 Å². The molecule has 0 aliphatic carbocycles. The van der Waals surface area contributed by atoms with Gasteiger partial charge in [-0.15, -0.1) is 0 Å². The Morgan fingerprint density at radius 3 is 2.64 bits per heavy atom. The Kier molecular flexibility index (Phi) is 4.97. The van der Waals surface area contributed by atoms with E-state index in [1.54, 1.807) is 0 Å². The second-order valence-corrected chi connectivity index (χ2v) is 3.04. The maximum absolute atomic E-state index is 8.96. The molecule has 0 amide bonds. The van der Waals surface area contributed by atoms with Gasteiger partial charge in [0.1, 0.15) is 0 Å². The third-order valence-electron chi connectivity index (χ3n) is 1.89. The van der Waals surface area contributed by atoms with E-state index in [9.17, 15) is 0 Å². The number of aliphatic hydroxyl groups excluding tert-OH is 1. The van der Waals surface area contributed by atoms with Gasteiger partial charge in [-0.2, -0.15) is 0 Å². The molecular weight excluding hydrogens is 176 g/mol. The van der Waals surface area contributed by atoms with E-state index in [1.165, 1.54) is 0 Å². The molecule has 1 atom stereocenters. The van der Waals surface area contributed by atoms with Gasteiger partial charge in [0.05, 0.1) is 19.3 Å². The lowest BCUT2D eigenvalue weighted by Crippen LogP contribution is -2.14. The number of ether oxygens (including phenoxy) is 1. The second-order valence-electron chi connectivity index (χ2n) is 3.04. The lowest BCUT2D eigenvalue weighted by Gasteiger charge is -2.10. The number of allylic oxidation sites excluding steroid dienone is 1. The molecule has 0 spiro atoms. The second kappa shape index (κ2) is 6.35. The van der Waals surface area contributed by atoms with Crippen LogP contribution in [0.4, 0.5) is 0 Å². The van der Waals surface area contributed by atoms with Crippen molar-refractivity contribution in [2.45, 2.75) is 19.6 Å². The van der Waals surface area contributed by atoms with E-state index in [0.29, 0.717) is 6.61 Å². The van der Waals surface area contributed by atoms with Gasteiger partial charge in [0.25, 0.3) is 0 Å². The molecule has 1 aromatic carbocycles. The summed E-state index contributed by atoms with van der Waals surface area (Å²) in [6.45, 7) is 2.47. The zero-order valence-corrected chi connectivity index (χ0v) is 8.39. The van der Waals surface area contributed by atoms with E-state index < -0.39 is 0 Å². The van der Waals surface area contributed by atoms with Crippen LogP contribution in [-0.2, 0) is 11.3 Å². The summed E-state index contributed by atoms with van der Waals surface area (Å²) in [6.07, 6.45) is 3.54. The molecule has 0 heterocycles. The highest BCUT2D eigenvalue weighted by Gasteiger charge is 2.02. The fourth-order valence-corrected chi connectivity index (χ4v) is 1.16. The van der Waals surface area contributed by atoms with Gasteiger partial charge in [0.2, 0.25) is 0 Å². The first-order valence-corrected chi connectivity index (χ1v) is 4.76. The maximum atomic E-state index is 8.96. The molecule has 0 bridgehead atoms. The molecule has 0 saturated heterocycles. The lowest BCUT2D eigenvalue weighted by atomic mass is 10.2. The summed E-state index contributed by atoms with van der Waals surface area (Å²) in [6, 6.07) is 9.93. The molecule has 0 radical (unpaired) electrons. The third-order valence-corrected chi connectivity index (χ3v) is 1.89. The van der Waals surface area contributed by atoms with Crippen molar-refractivity contribution in [1.82, 2.24) is 0 Å². The fourth-order valence-electron chi connectivity index (χ4n) is 1.16. The van der Waals surface area contributed by atoms with Crippen LogP contribution in [0.2, 0.25) is 0 Å². The molecule has 76 valence electrons. The summed E-state index contributed by atoms with van der Waals surface area (Å²) in [5.74, 6) is 0. The molecule has 0 saturated carbocycles. The van der Waals surface area contributed by atoms with Crippen LogP contribution in [0.25, 0.3) is 0 Å². The minimum Gasteiger partial charge on any atom is -0.393 e. The van der Waals surface area contributed by atoms with Crippen LogP contribution in [0.5, 0.6) is 0 Å². The number of hydrogen-bond donors (Lipinski definition) is 1. The third kappa shape index (κ3) is 3.73. The molecule has 2 nitrogen and oxygen atoms in total. The maximum Gasteiger partial charge on any atom is 0.0990 e. The Bertz CT molecular complexity index is 267. The predicted octanol–water partition coefficient (Wildman–Crippen LogP) is 2.14. The van der Waals surface area contributed by atoms with E-state index in [0.717, 1.165) is 5.56 Å². The largest absolute Gasteiger partial charge is 0.393 e. The van der Waals surface area contributed by atoms with Gasteiger partial charge < -0.3 is 9.84 Å². The first-order valence-electron chi connectivity index (χ1n) is 4.76. The van der Waals surface area contributed by atoms with Crippen LogP contribution >= 0.6 is 0 Å². The molecule has 0 fully saturated rings. The van der Waals surface area contributed by atoms with Crippen LogP contribution in [0.3, 0.4) is 0 Å². The Balaban J connectivity index is 2.39. The molecule has 1 N–H and O–H groups in total. The Labute approximate surface area is 84.8 Å². The Hall–Kier alpha value is -1.12. The lowest BCUT2D eigenvalue weighted by molar-refractivity contribution is 0.0321. The minimum atomic E-state index is -0.194. The Morgan fingerprint density at radius 1 is 1.36 bits per heavy atom. The van der Waals surface area contributed by atoms with Gasteiger partial charge in [0.15, 0.2) is 0 Å². The van der Waals surface area contributed by atoms with Gasteiger partial charge >= 0.3 is 0 Å². The van der Waals surface area contributed by atoms with Gasteiger partial charge in [-0.3, -0.25) is 0 Å². The predicted molar refractivity (Wildman–Crippen MR) is 56.9 cm³/mol. The van der Waals surface area contributed by atoms with Gasteiger partial charge in [-0.05, 0) is 12.5 Å². The topological polar surface area (TPSA) is 29.5 Å². The van der Waals surface area contributed by atoms with Crippen molar-refractivity contribution in [3.05, 3.63) is 48.0 Å². The van der Waals surface area contributed by atoms with E-state index in [1.807, 2.05) is 49.4 Å². The summed E-state index contributed by atoms with van der Waals surface area (Å²) in [4.78, 5) is 0. The van der Waals surface area contributed by atoms with E-state index in [4.69, 9.17) is 9.84 Å². The average Bonchev–Trinajstić information content (AvgIpc) is 2.25. The van der Waals surface area contributed by atoms with Gasteiger partial charge in [0, 0.05) is 0 Å². The van der Waals surface area contributed by atoms with Crippen LogP contribution in [0.15, 0.2) is 42.5 Å². The molecule has 14 heavy (non-hydrogen) atoms. The van der Waals surface area contributed by atoms with Crippen LogP contribution in [0.1, 0.15) is 12.5 Å². The molecular formula is C12H16O2. The SMILES string of the molecule is C/C=C/C(CO)OCc1ccccc1. The van der Waals surface area contributed by atoms with Gasteiger partial charge in [-0.25, -0.2) is 0 Å². The first kappa shape index (κ1) is 11.0. The normalized spacial score (nSPS) is 13.3. The number of rotatable bonds is 5. The zero-order chi connectivity index (χ0) is 10.2. The van der Waals surface area contributed by atoms with Crippen molar-refractivity contribution in [3.63, 3.8) is 0 Å². The average molecular weight is 192 g/mol. The van der Waals surface area contributed by atoms with Crippen molar-refractivity contribution >= 4 is 0 Å². The first-order chi connectivity index (χ1) is 6.86. The van der Waals surface area contributed by atoms with Crippen molar-refractivity contribution in [3.8, 4) is 0 Å². The summed E-state index contributed by atoms with van der Waals surface area (Å²) >= 11 is 0. The van der Waals surface area contributed by atoms with Crippen molar-refractivity contribution in [2.24, 2.45) is 0 Å². The monoisotopic (exact) mass is 192 g/mol. The summed E-state index contributed by atoms with van der Waals surface area (Å²) < 4.78 is 5.48. The minimum absolute atomic E-state index is 0.0250. The number of aliphatic hydroxyl groups is 1.